The zero-order valence-corrected chi connectivity index (χ0v) is 12.8. The summed E-state index contributed by atoms with van der Waals surface area (Å²) in [7, 11) is 0. The number of rotatable bonds is 1. The molecule has 20 heavy (non-hydrogen) atoms. The van der Waals surface area contributed by atoms with Crippen molar-refractivity contribution in [1.82, 2.24) is 9.80 Å². The molecule has 0 aromatic rings. The van der Waals surface area contributed by atoms with Crippen molar-refractivity contribution in [2.75, 3.05) is 13.1 Å². The average molecular weight is 298 g/mol. The fraction of sp³-hybridized carbons (Fsp3) is 0.857. The molecule has 2 amide bonds. The maximum absolute atomic E-state index is 12.8. The Morgan fingerprint density at radius 1 is 1.15 bits per heavy atom. The zero-order chi connectivity index (χ0) is 14.4. The van der Waals surface area contributed by atoms with Crippen molar-refractivity contribution in [3.8, 4) is 0 Å². The molecule has 5 unspecified atom stereocenters. The molecule has 0 saturated carbocycles. The summed E-state index contributed by atoms with van der Waals surface area (Å²) in [6.45, 7) is 5.86. The predicted octanol–water partition coefficient (Wildman–Crippen LogP) is 1.87. The van der Waals surface area contributed by atoms with Gasteiger partial charge in [0.2, 0.25) is 0 Å². The lowest BCUT2D eigenvalue weighted by atomic mass is 9.89. The molecule has 6 heteroatoms. The van der Waals surface area contributed by atoms with Crippen LogP contribution in [0.2, 0.25) is 0 Å². The third-order valence-corrected chi connectivity index (χ3v) is 5.99. The van der Waals surface area contributed by atoms with Crippen LogP contribution in [-0.2, 0) is 4.79 Å². The van der Waals surface area contributed by atoms with Gasteiger partial charge in [-0.25, -0.2) is 4.79 Å². The summed E-state index contributed by atoms with van der Waals surface area (Å²) in [5.74, 6) is -1.10. The summed E-state index contributed by atoms with van der Waals surface area (Å²) in [5.41, 5.74) is 0. The molecule has 5 atom stereocenters. The average Bonchev–Trinajstić information content (AvgIpc) is 2.94. The van der Waals surface area contributed by atoms with Crippen molar-refractivity contribution in [1.29, 1.82) is 0 Å². The second-order valence-corrected chi connectivity index (χ2v) is 8.21. The number of carboxylic acids is 1. The Hall–Kier alpha value is -0.910. The van der Waals surface area contributed by atoms with E-state index in [1.54, 1.807) is 0 Å². The van der Waals surface area contributed by atoms with Crippen LogP contribution in [0.4, 0.5) is 4.79 Å². The molecule has 0 aromatic carbocycles. The number of carbonyl (C=O) groups excluding carboxylic acids is 1. The lowest BCUT2D eigenvalue weighted by molar-refractivity contribution is -0.142. The van der Waals surface area contributed by atoms with Gasteiger partial charge in [-0.2, -0.15) is 11.8 Å². The molecule has 112 valence electrons. The van der Waals surface area contributed by atoms with Crippen molar-refractivity contribution in [2.24, 2.45) is 5.92 Å². The molecule has 3 fully saturated rings. The molecule has 5 nitrogen and oxygen atoms in total. The Bertz CT molecular complexity index is 421. The second kappa shape index (κ2) is 5.13. The molecule has 0 aliphatic carbocycles. The van der Waals surface area contributed by atoms with Gasteiger partial charge in [0.05, 0.1) is 5.92 Å². The van der Waals surface area contributed by atoms with E-state index < -0.39 is 5.97 Å². The van der Waals surface area contributed by atoms with Crippen molar-refractivity contribution in [3.05, 3.63) is 0 Å². The number of hydrogen-bond donors (Lipinski definition) is 1. The van der Waals surface area contributed by atoms with Gasteiger partial charge in [-0.3, -0.25) is 4.79 Å². The number of hydrogen-bond acceptors (Lipinski definition) is 3. The smallest absolute Gasteiger partial charge is 0.320 e. The molecule has 3 aliphatic heterocycles. The Morgan fingerprint density at radius 2 is 1.80 bits per heavy atom. The van der Waals surface area contributed by atoms with E-state index in [-0.39, 0.29) is 24.0 Å². The molecule has 3 saturated heterocycles. The van der Waals surface area contributed by atoms with Crippen molar-refractivity contribution >= 4 is 23.8 Å². The van der Waals surface area contributed by atoms with E-state index in [1.165, 1.54) is 0 Å². The summed E-state index contributed by atoms with van der Waals surface area (Å²) < 4.78 is 0. The Kier molecular flexibility index (Phi) is 3.60. The second-order valence-electron chi connectivity index (χ2n) is 6.33. The number of thioether (sulfide) groups is 1. The first-order chi connectivity index (χ1) is 9.47. The number of carbonyl (C=O) groups is 2. The van der Waals surface area contributed by atoms with Crippen LogP contribution in [0.1, 0.15) is 33.1 Å². The highest BCUT2D eigenvalue weighted by Crippen LogP contribution is 2.42. The summed E-state index contributed by atoms with van der Waals surface area (Å²) in [4.78, 5) is 27.9. The summed E-state index contributed by atoms with van der Waals surface area (Å²) in [6.07, 6.45) is 2.45. The number of amides is 2. The molecule has 1 N–H and O–H groups in total. The van der Waals surface area contributed by atoms with Crippen molar-refractivity contribution in [3.63, 3.8) is 0 Å². The fourth-order valence-electron chi connectivity index (χ4n) is 4.05. The minimum atomic E-state index is -0.745. The van der Waals surface area contributed by atoms with E-state index in [1.807, 2.05) is 21.6 Å². The van der Waals surface area contributed by atoms with Crippen LogP contribution in [0.25, 0.3) is 0 Å². The van der Waals surface area contributed by atoms with Gasteiger partial charge in [-0.1, -0.05) is 13.8 Å². The Labute approximate surface area is 123 Å². The highest BCUT2D eigenvalue weighted by atomic mass is 32.2. The summed E-state index contributed by atoms with van der Waals surface area (Å²) in [5, 5.41) is 10.2. The SMILES string of the molecule is CC1CN(C(=O)N2C3CCC2C(C(=O)O)C3)CC(C)S1. The van der Waals surface area contributed by atoms with Gasteiger partial charge in [0.25, 0.3) is 0 Å². The van der Waals surface area contributed by atoms with Gasteiger partial charge in [0.15, 0.2) is 0 Å². The van der Waals surface area contributed by atoms with Gasteiger partial charge in [0.1, 0.15) is 0 Å². The molecule has 3 heterocycles. The number of aliphatic carboxylic acids is 1. The molecule has 0 radical (unpaired) electrons. The minimum Gasteiger partial charge on any atom is -0.481 e. The van der Waals surface area contributed by atoms with E-state index >= 15 is 0 Å². The van der Waals surface area contributed by atoms with Gasteiger partial charge in [0, 0.05) is 35.7 Å². The maximum Gasteiger partial charge on any atom is 0.320 e. The number of urea groups is 1. The molecular weight excluding hydrogens is 276 g/mol. The van der Waals surface area contributed by atoms with Crippen LogP contribution in [0.5, 0.6) is 0 Å². The first-order valence-electron chi connectivity index (χ1n) is 7.43. The normalized spacial score (nSPS) is 40.2. The third kappa shape index (κ3) is 2.28. The largest absolute Gasteiger partial charge is 0.481 e. The first-order valence-corrected chi connectivity index (χ1v) is 8.37. The number of carboxylic acid groups (broad SMARTS) is 1. The van der Waals surface area contributed by atoms with E-state index in [2.05, 4.69) is 13.8 Å². The third-order valence-electron chi connectivity index (χ3n) is 4.77. The zero-order valence-electron chi connectivity index (χ0n) is 12.0. The number of nitrogens with zero attached hydrogens (tertiary/aromatic N) is 2. The maximum atomic E-state index is 12.8. The summed E-state index contributed by atoms with van der Waals surface area (Å²) in [6, 6.07) is 0.138. The van der Waals surface area contributed by atoms with E-state index in [4.69, 9.17) is 0 Å². The quantitative estimate of drug-likeness (QED) is 0.803. The predicted molar refractivity (Wildman–Crippen MR) is 77.9 cm³/mol. The van der Waals surface area contributed by atoms with Gasteiger partial charge in [-0.05, 0) is 19.3 Å². The molecule has 2 bridgehead atoms. The standard InChI is InChI=1S/C14H22N2O3S/c1-8-6-15(7-9(2)20-8)14(19)16-10-3-4-12(16)11(5-10)13(17)18/h8-12H,3-7H2,1-2H3,(H,17,18). The van der Waals surface area contributed by atoms with Crippen LogP contribution in [0.15, 0.2) is 0 Å². The van der Waals surface area contributed by atoms with Crippen LogP contribution < -0.4 is 0 Å². The van der Waals surface area contributed by atoms with Crippen LogP contribution >= 0.6 is 11.8 Å². The molecule has 0 spiro atoms. The lowest BCUT2D eigenvalue weighted by Gasteiger charge is -2.38. The monoisotopic (exact) mass is 298 g/mol. The van der Waals surface area contributed by atoms with E-state index in [0.717, 1.165) is 25.9 Å². The molecule has 0 aromatic heterocycles. The highest BCUT2D eigenvalue weighted by molar-refractivity contribution is 8.00. The van der Waals surface area contributed by atoms with Crippen LogP contribution in [-0.4, -0.2) is 62.6 Å². The van der Waals surface area contributed by atoms with Crippen molar-refractivity contribution < 1.29 is 14.7 Å². The topological polar surface area (TPSA) is 60.9 Å². The first kappa shape index (κ1) is 14.0. The van der Waals surface area contributed by atoms with E-state index in [9.17, 15) is 14.7 Å². The van der Waals surface area contributed by atoms with Crippen molar-refractivity contribution in [2.45, 2.75) is 55.7 Å². The summed E-state index contributed by atoms with van der Waals surface area (Å²) >= 11 is 1.92. The van der Waals surface area contributed by atoms with E-state index in [0.29, 0.717) is 16.9 Å². The molecule has 3 rings (SSSR count). The van der Waals surface area contributed by atoms with Gasteiger partial charge < -0.3 is 14.9 Å². The van der Waals surface area contributed by atoms with Gasteiger partial charge >= 0.3 is 12.0 Å². The number of fused-ring (bicyclic) bond motifs is 2. The molecule has 3 aliphatic rings. The minimum absolute atomic E-state index is 0.0697. The molecular formula is C14H22N2O3S. The fourth-order valence-corrected chi connectivity index (χ4v) is 5.37. The highest BCUT2D eigenvalue weighted by Gasteiger charge is 2.52. The van der Waals surface area contributed by atoms with Crippen LogP contribution in [0.3, 0.4) is 0 Å². The van der Waals surface area contributed by atoms with Crippen LogP contribution in [0, 0.1) is 5.92 Å². The lowest BCUT2D eigenvalue weighted by Crippen LogP contribution is -2.52. The Morgan fingerprint density at radius 3 is 2.35 bits per heavy atom. The Balaban J connectivity index is 1.73. The van der Waals surface area contributed by atoms with Gasteiger partial charge in [-0.15, -0.1) is 0 Å².